The van der Waals surface area contributed by atoms with E-state index in [1.807, 2.05) is 30.3 Å². The van der Waals surface area contributed by atoms with Crippen LogP contribution >= 0.6 is 7.60 Å². The van der Waals surface area contributed by atoms with Gasteiger partial charge in [0.25, 0.3) is 0 Å². The maximum absolute atomic E-state index is 14.6. The smallest absolute Gasteiger partial charge is 0.453 e. The second-order valence-corrected chi connectivity index (χ2v) is 11.7. The van der Waals surface area contributed by atoms with Crippen molar-refractivity contribution in [2.24, 2.45) is 0 Å². The minimum Gasteiger partial charge on any atom is -0.469 e. The van der Waals surface area contributed by atoms with E-state index in [4.69, 9.17) is 9.05 Å². The van der Waals surface area contributed by atoms with Crippen LogP contribution in [0, 0.1) is 0 Å². The summed E-state index contributed by atoms with van der Waals surface area (Å²) in [6.07, 6.45) is -0.190. The molecule has 0 aliphatic carbocycles. The van der Waals surface area contributed by atoms with E-state index < -0.39 is 49.2 Å². The zero-order chi connectivity index (χ0) is 31.2. The van der Waals surface area contributed by atoms with Crippen LogP contribution in [0.2, 0.25) is 0 Å². The Morgan fingerprint density at radius 2 is 1.14 bits per heavy atom. The molecule has 3 aromatic carbocycles. The van der Waals surface area contributed by atoms with Gasteiger partial charge >= 0.3 is 13.6 Å². The molecule has 0 saturated carbocycles. The highest BCUT2D eigenvalue weighted by molar-refractivity contribution is 7.55. The van der Waals surface area contributed by atoms with Crippen LogP contribution in [0.3, 0.4) is 0 Å². The van der Waals surface area contributed by atoms with E-state index >= 15 is 0 Å². The fourth-order valence-electron chi connectivity index (χ4n) is 3.87. The normalized spacial score (nSPS) is 13.0. The highest BCUT2D eigenvalue weighted by atomic mass is 31.2. The van der Waals surface area contributed by atoms with Gasteiger partial charge in [-0.3, -0.25) is 19.2 Å². The van der Waals surface area contributed by atoms with Crippen LogP contribution in [0.25, 0.3) is 0 Å². The summed E-state index contributed by atoms with van der Waals surface area (Å²) >= 11 is 0. The van der Waals surface area contributed by atoms with Gasteiger partial charge in [-0.05, 0) is 43.7 Å². The summed E-state index contributed by atoms with van der Waals surface area (Å²) in [6, 6.07) is 24.0. The Hall–Kier alpha value is -4.63. The Morgan fingerprint density at radius 3 is 1.65 bits per heavy atom. The first-order chi connectivity index (χ1) is 20.6. The number of benzene rings is 3. The SMILES string of the molecule is COC(=O)CCC(=O)NC(C)C(=O)NC(C)C(=O)NC(Cc1ccccc1)P(=O)(Oc1ccccc1)Oc1ccccc1. The third-order valence-electron chi connectivity index (χ3n) is 6.22. The standard InChI is InChI=1S/C31H36N3O8P/c1-22(32-27(35)19-20-29(36)40-3)30(37)33-23(2)31(38)34-28(21-24-13-7-4-8-14-24)43(39,41-25-15-9-5-10-16-25)42-26-17-11-6-12-18-26/h4-18,22-23,28H,19-21H2,1-3H3,(H,32,35)(H,33,37)(H,34,38). The third-order valence-corrected chi connectivity index (χ3v) is 8.23. The molecule has 11 nitrogen and oxygen atoms in total. The molecular weight excluding hydrogens is 573 g/mol. The van der Waals surface area contributed by atoms with Crippen molar-refractivity contribution in [2.45, 2.75) is 51.0 Å². The molecule has 0 bridgehead atoms. The zero-order valence-corrected chi connectivity index (χ0v) is 25.1. The van der Waals surface area contributed by atoms with Gasteiger partial charge in [-0.2, -0.15) is 0 Å². The van der Waals surface area contributed by atoms with Crippen LogP contribution < -0.4 is 25.0 Å². The lowest BCUT2D eigenvalue weighted by Crippen LogP contribution is -2.53. The summed E-state index contributed by atoms with van der Waals surface area (Å²) in [5.41, 5.74) is 0.765. The van der Waals surface area contributed by atoms with E-state index in [2.05, 4.69) is 20.7 Å². The number of amides is 3. The van der Waals surface area contributed by atoms with Gasteiger partial charge in [0, 0.05) is 12.8 Å². The molecule has 3 rings (SSSR count). The molecule has 3 aromatic rings. The lowest BCUT2D eigenvalue weighted by atomic mass is 10.1. The molecule has 0 aliphatic rings. The molecule has 228 valence electrons. The summed E-state index contributed by atoms with van der Waals surface area (Å²) in [5.74, 6) is -2.93. The van der Waals surface area contributed by atoms with E-state index in [1.165, 1.54) is 21.0 Å². The first-order valence-corrected chi connectivity index (χ1v) is 15.3. The fourth-order valence-corrected chi connectivity index (χ4v) is 5.71. The summed E-state index contributed by atoms with van der Waals surface area (Å²) in [7, 11) is -2.95. The Balaban J connectivity index is 1.79. The van der Waals surface area contributed by atoms with Crippen LogP contribution in [-0.2, 0) is 34.9 Å². The average Bonchev–Trinajstić information content (AvgIpc) is 3.00. The number of hydrogen-bond donors (Lipinski definition) is 3. The molecule has 3 unspecified atom stereocenters. The average molecular weight is 610 g/mol. The number of methoxy groups -OCH3 is 1. The molecule has 3 amide bonds. The van der Waals surface area contributed by atoms with Crippen LogP contribution in [0.5, 0.6) is 11.5 Å². The number of rotatable bonds is 15. The van der Waals surface area contributed by atoms with Crippen molar-refractivity contribution < 1.29 is 37.5 Å². The predicted molar refractivity (Wildman–Crippen MR) is 160 cm³/mol. The Morgan fingerprint density at radius 1 is 0.674 bits per heavy atom. The minimum absolute atomic E-state index is 0.0941. The largest absolute Gasteiger partial charge is 0.469 e. The monoisotopic (exact) mass is 609 g/mol. The first kappa shape index (κ1) is 32.9. The molecule has 0 saturated heterocycles. The lowest BCUT2D eigenvalue weighted by Gasteiger charge is -2.29. The van der Waals surface area contributed by atoms with Crippen LogP contribution in [0.1, 0.15) is 32.3 Å². The Bertz CT molecular complexity index is 1360. The second kappa shape index (κ2) is 16.1. The number of para-hydroxylation sites is 2. The summed E-state index contributed by atoms with van der Waals surface area (Å²) < 4.78 is 31.0. The summed E-state index contributed by atoms with van der Waals surface area (Å²) in [5, 5.41) is 7.80. The van der Waals surface area contributed by atoms with Gasteiger partial charge in [0.1, 0.15) is 23.6 Å². The molecule has 0 spiro atoms. The van der Waals surface area contributed by atoms with Crippen molar-refractivity contribution in [3.8, 4) is 11.5 Å². The maximum atomic E-state index is 14.6. The van der Waals surface area contributed by atoms with Gasteiger partial charge in [-0.25, -0.2) is 4.57 Å². The molecule has 0 aliphatic heterocycles. The molecule has 3 atom stereocenters. The zero-order valence-electron chi connectivity index (χ0n) is 24.2. The highest BCUT2D eigenvalue weighted by Gasteiger charge is 2.41. The minimum atomic E-state index is -4.16. The van der Waals surface area contributed by atoms with Gasteiger partial charge in [-0.15, -0.1) is 0 Å². The van der Waals surface area contributed by atoms with Crippen LogP contribution in [-0.4, -0.2) is 48.7 Å². The van der Waals surface area contributed by atoms with Gasteiger partial charge in [-0.1, -0.05) is 66.7 Å². The van der Waals surface area contributed by atoms with Crippen molar-refractivity contribution in [1.29, 1.82) is 0 Å². The second-order valence-electron chi connectivity index (χ2n) is 9.66. The van der Waals surface area contributed by atoms with Crippen molar-refractivity contribution in [3.63, 3.8) is 0 Å². The highest BCUT2D eigenvalue weighted by Crippen LogP contribution is 2.53. The Kier molecular flexibility index (Phi) is 12.3. The number of nitrogens with one attached hydrogen (secondary N) is 3. The molecule has 3 N–H and O–H groups in total. The van der Waals surface area contributed by atoms with E-state index in [-0.39, 0.29) is 30.8 Å². The topological polar surface area (TPSA) is 149 Å². The number of esters is 1. The molecule has 43 heavy (non-hydrogen) atoms. The van der Waals surface area contributed by atoms with Crippen LogP contribution in [0.15, 0.2) is 91.0 Å². The van der Waals surface area contributed by atoms with E-state index in [0.29, 0.717) is 0 Å². The Labute approximate surface area is 250 Å². The van der Waals surface area contributed by atoms with E-state index in [9.17, 15) is 23.7 Å². The van der Waals surface area contributed by atoms with Crippen molar-refractivity contribution in [2.75, 3.05) is 7.11 Å². The number of carbonyl (C=O) groups is 4. The first-order valence-electron chi connectivity index (χ1n) is 13.7. The molecule has 0 heterocycles. The summed E-state index contributed by atoms with van der Waals surface area (Å²) in [4.78, 5) is 49.5. The fraction of sp³-hybridized carbons (Fsp3) is 0.290. The number of ether oxygens (including phenoxy) is 1. The molecule has 0 radical (unpaired) electrons. The van der Waals surface area contributed by atoms with Gasteiger partial charge in [0.05, 0.1) is 13.5 Å². The number of hydrogen-bond acceptors (Lipinski definition) is 8. The van der Waals surface area contributed by atoms with Gasteiger partial charge in [0.2, 0.25) is 17.7 Å². The molecule has 0 aromatic heterocycles. The molecular formula is C31H36N3O8P. The quantitative estimate of drug-likeness (QED) is 0.173. The van der Waals surface area contributed by atoms with Gasteiger partial charge in [0.15, 0.2) is 5.78 Å². The molecule has 0 fully saturated rings. The maximum Gasteiger partial charge on any atom is 0.453 e. The van der Waals surface area contributed by atoms with Crippen LogP contribution in [0.4, 0.5) is 0 Å². The summed E-state index contributed by atoms with van der Waals surface area (Å²) in [6.45, 7) is 2.91. The molecule has 12 heteroatoms. The lowest BCUT2D eigenvalue weighted by molar-refractivity contribution is -0.142. The third kappa shape index (κ3) is 10.6. The number of carbonyl (C=O) groups excluding carboxylic acids is 4. The van der Waals surface area contributed by atoms with Gasteiger partial charge < -0.3 is 29.7 Å². The van der Waals surface area contributed by atoms with E-state index in [0.717, 1.165) is 5.56 Å². The predicted octanol–water partition coefficient (Wildman–Crippen LogP) is 3.99. The van der Waals surface area contributed by atoms with Crippen molar-refractivity contribution in [3.05, 3.63) is 96.6 Å². The van der Waals surface area contributed by atoms with E-state index in [1.54, 1.807) is 60.7 Å². The van der Waals surface area contributed by atoms with Crippen molar-refractivity contribution >= 4 is 31.3 Å². The van der Waals surface area contributed by atoms with Crippen molar-refractivity contribution in [1.82, 2.24) is 16.0 Å².